The van der Waals surface area contributed by atoms with Crippen LogP contribution in [0.2, 0.25) is 0 Å². The van der Waals surface area contributed by atoms with E-state index in [0.717, 1.165) is 31.4 Å². The van der Waals surface area contributed by atoms with Crippen LogP contribution in [0.4, 0.5) is 0 Å². The van der Waals surface area contributed by atoms with Crippen LogP contribution in [0.25, 0.3) is 0 Å². The smallest absolute Gasteiger partial charge is 0.194 e. The molecule has 0 radical (unpaired) electrons. The van der Waals surface area contributed by atoms with Gasteiger partial charge in [-0.3, -0.25) is 0 Å². The molecular weight excluding hydrogens is 320 g/mol. The molecule has 0 unspecified atom stereocenters. The maximum absolute atomic E-state index is 4.70. The highest BCUT2D eigenvalue weighted by molar-refractivity contribution is 7.98. The average molecular weight is 347 g/mol. The Labute approximate surface area is 148 Å². The molecule has 2 rings (SSSR count). The van der Waals surface area contributed by atoms with Crippen molar-refractivity contribution in [3.8, 4) is 0 Å². The van der Waals surface area contributed by atoms with Crippen LogP contribution in [-0.4, -0.2) is 45.5 Å². The van der Waals surface area contributed by atoms with Gasteiger partial charge in [-0.05, 0) is 37.8 Å². The van der Waals surface area contributed by atoms with Gasteiger partial charge in [-0.2, -0.15) is 0 Å². The molecule has 0 amide bonds. The minimum atomic E-state index is 0.520. The van der Waals surface area contributed by atoms with E-state index in [-0.39, 0.29) is 0 Å². The van der Waals surface area contributed by atoms with Crippen LogP contribution in [0, 0.1) is 0 Å². The first kappa shape index (κ1) is 18.3. The lowest BCUT2D eigenvalue weighted by Crippen LogP contribution is -2.38. The molecule has 0 fully saturated rings. The highest BCUT2D eigenvalue weighted by Gasteiger charge is 2.08. The quantitative estimate of drug-likeness (QED) is 0.474. The lowest BCUT2D eigenvalue weighted by atomic mass is 10.2. The van der Waals surface area contributed by atoms with E-state index >= 15 is 0 Å². The van der Waals surface area contributed by atoms with E-state index in [9.17, 15) is 0 Å². The summed E-state index contributed by atoms with van der Waals surface area (Å²) in [6.45, 7) is 7.16. The second kappa shape index (κ2) is 9.32. The Morgan fingerprint density at radius 3 is 2.67 bits per heavy atom. The molecule has 2 aromatic rings. The number of hydrogen-bond donors (Lipinski definition) is 1. The molecule has 1 aromatic carbocycles. The summed E-state index contributed by atoms with van der Waals surface area (Å²) in [6.07, 6.45) is 3.83. The number of nitrogens with zero attached hydrogens (tertiary/aromatic N) is 5. The number of nitrogens with one attached hydrogen (secondary N) is 1. The average Bonchev–Trinajstić information content (AvgIpc) is 3.06. The SMILES string of the molecule is CCNC(=NCc1nncn1CC)N(C)Cc1ccc(SC)cc1. The molecule has 0 saturated heterocycles. The molecular formula is C17H26N6S. The monoisotopic (exact) mass is 346 g/mol. The molecule has 0 saturated carbocycles. The maximum atomic E-state index is 4.70. The summed E-state index contributed by atoms with van der Waals surface area (Å²) in [5.74, 6) is 1.75. The van der Waals surface area contributed by atoms with Crippen LogP contribution < -0.4 is 5.32 Å². The largest absolute Gasteiger partial charge is 0.357 e. The first-order chi connectivity index (χ1) is 11.7. The number of thioether (sulfide) groups is 1. The number of aliphatic imine (C=N–C) groups is 1. The van der Waals surface area contributed by atoms with E-state index < -0.39 is 0 Å². The van der Waals surface area contributed by atoms with Gasteiger partial charge in [0.05, 0.1) is 0 Å². The van der Waals surface area contributed by atoms with Gasteiger partial charge >= 0.3 is 0 Å². The van der Waals surface area contributed by atoms with Gasteiger partial charge in [0.1, 0.15) is 12.9 Å². The van der Waals surface area contributed by atoms with Gasteiger partial charge in [0.25, 0.3) is 0 Å². The number of benzene rings is 1. The van der Waals surface area contributed by atoms with E-state index in [1.165, 1.54) is 10.5 Å². The predicted octanol–water partition coefficient (Wildman–Crippen LogP) is 2.62. The summed E-state index contributed by atoms with van der Waals surface area (Å²) < 4.78 is 2.01. The Morgan fingerprint density at radius 2 is 2.04 bits per heavy atom. The van der Waals surface area contributed by atoms with Gasteiger partial charge in [0.15, 0.2) is 11.8 Å². The van der Waals surface area contributed by atoms with Crippen molar-refractivity contribution < 1.29 is 0 Å². The molecule has 6 nitrogen and oxygen atoms in total. The van der Waals surface area contributed by atoms with Crippen molar-refractivity contribution in [2.45, 2.75) is 38.4 Å². The van der Waals surface area contributed by atoms with Crippen LogP contribution in [0.15, 0.2) is 40.5 Å². The second-order valence-corrected chi connectivity index (χ2v) is 6.29. The first-order valence-corrected chi connectivity index (χ1v) is 9.39. The topological polar surface area (TPSA) is 58.3 Å². The lowest BCUT2D eigenvalue weighted by molar-refractivity contribution is 0.475. The molecule has 0 bridgehead atoms. The van der Waals surface area contributed by atoms with Crippen molar-refractivity contribution in [3.63, 3.8) is 0 Å². The van der Waals surface area contributed by atoms with Gasteiger partial charge in [-0.15, -0.1) is 22.0 Å². The van der Waals surface area contributed by atoms with Gasteiger partial charge in [-0.1, -0.05) is 12.1 Å². The fourth-order valence-corrected chi connectivity index (χ4v) is 2.77. The standard InChI is InChI=1S/C17H26N6S/c1-5-18-17(19-11-16-21-20-13-23(16)6-2)22(3)12-14-7-9-15(24-4)10-8-14/h7-10,13H,5-6,11-12H2,1-4H3,(H,18,19). The Kier molecular flexibility index (Phi) is 7.11. The molecule has 1 heterocycles. The predicted molar refractivity (Wildman–Crippen MR) is 100 cm³/mol. The third-order valence-electron chi connectivity index (χ3n) is 3.68. The fraction of sp³-hybridized carbons (Fsp3) is 0.471. The van der Waals surface area contributed by atoms with E-state index in [4.69, 9.17) is 4.99 Å². The summed E-state index contributed by atoms with van der Waals surface area (Å²) >= 11 is 1.76. The molecule has 0 spiro atoms. The molecule has 7 heteroatoms. The Bertz CT molecular complexity index is 649. The van der Waals surface area contributed by atoms with Crippen molar-refractivity contribution in [2.75, 3.05) is 19.8 Å². The van der Waals surface area contributed by atoms with Gasteiger partial charge in [0, 0.05) is 31.6 Å². The zero-order valence-corrected chi connectivity index (χ0v) is 15.7. The highest BCUT2D eigenvalue weighted by Crippen LogP contribution is 2.15. The zero-order chi connectivity index (χ0) is 17.4. The summed E-state index contributed by atoms with van der Waals surface area (Å²) in [7, 11) is 2.05. The van der Waals surface area contributed by atoms with Crippen LogP contribution in [0.5, 0.6) is 0 Å². The van der Waals surface area contributed by atoms with Crippen molar-refractivity contribution in [2.24, 2.45) is 4.99 Å². The lowest BCUT2D eigenvalue weighted by Gasteiger charge is -2.22. The van der Waals surface area contributed by atoms with Crippen molar-refractivity contribution in [1.82, 2.24) is 25.0 Å². The normalized spacial score (nSPS) is 11.6. The highest BCUT2D eigenvalue weighted by atomic mass is 32.2. The number of aromatic nitrogens is 3. The molecule has 0 aliphatic carbocycles. The number of hydrogen-bond acceptors (Lipinski definition) is 4. The minimum Gasteiger partial charge on any atom is -0.357 e. The van der Waals surface area contributed by atoms with E-state index in [2.05, 4.69) is 71.8 Å². The molecule has 130 valence electrons. The molecule has 1 aromatic heterocycles. The van der Waals surface area contributed by atoms with Crippen molar-refractivity contribution in [1.29, 1.82) is 0 Å². The minimum absolute atomic E-state index is 0.520. The maximum Gasteiger partial charge on any atom is 0.194 e. The number of aryl methyl sites for hydroxylation is 1. The van der Waals surface area contributed by atoms with Crippen LogP contribution in [0.3, 0.4) is 0 Å². The fourth-order valence-electron chi connectivity index (χ4n) is 2.36. The Morgan fingerprint density at radius 1 is 1.29 bits per heavy atom. The molecule has 0 aliphatic heterocycles. The van der Waals surface area contributed by atoms with Gasteiger partial charge in [-0.25, -0.2) is 4.99 Å². The molecule has 24 heavy (non-hydrogen) atoms. The van der Waals surface area contributed by atoms with Crippen molar-refractivity contribution >= 4 is 17.7 Å². The van der Waals surface area contributed by atoms with Gasteiger partial charge in [0.2, 0.25) is 0 Å². The summed E-state index contributed by atoms with van der Waals surface area (Å²) in [5, 5.41) is 11.4. The Hall–Kier alpha value is -2.02. The molecule has 0 atom stereocenters. The van der Waals surface area contributed by atoms with E-state index in [0.29, 0.717) is 6.54 Å². The zero-order valence-electron chi connectivity index (χ0n) is 14.9. The summed E-state index contributed by atoms with van der Waals surface area (Å²) in [6, 6.07) is 8.64. The third kappa shape index (κ3) is 4.99. The van der Waals surface area contributed by atoms with Crippen LogP contribution in [0.1, 0.15) is 25.2 Å². The Balaban J connectivity index is 2.05. The molecule has 1 N–H and O–H groups in total. The molecule has 0 aliphatic rings. The first-order valence-electron chi connectivity index (χ1n) is 8.17. The van der Waals surface area contributed by atoms with Crippen LogP contribution in [-0.2, 0) is 19.6 Å². The third-order valence-corrected chi connectivity index (χ3v) is 4.43. The van der Waals surface area contributed by atoms with Crippen molar-refractivity contribution in [3.05, 3.63) is 42.0 Å². The summed E-state index contributed by atoms with van der Waals surface area (Å²) in [5.41, 5.74) is 1.26. The van der Waals surface area contributed by atoms with Crippen LogP contribution >= 0.6 is 11.8 Å². The summed E-state index contributed by atoms with van der Waals surface area (Å²) in [4.78, 5) is 8.11. The van der Waals surface area contributed by atoms with Gasteiger partial charge < -0.3 is 14.8 Å². The number of guanidine groups is 1. The second-order valence-electron chi connectivity index (χ2n) is 5.41. The van der Waals surface area contributed by atoms with E-state index in [1.807, 2.05) is 4.57 Å². The van der Waals surface area contributed by atoms with E-state index in [1.54, 1.807) is 18.1 Å². The number of rotatable bonds is 7.